The van der Waals surface area contributed by atoms with Gasteiger partial charge in [-0.25, -0.2) is 9.67 Å². The van der Waals surface area contributed by atoms with Crippen LogP contribution in [0.15, 0.2) is 42.7 Å². The number of benzene rings is 1. The molecule has 142 valence electrons. The molecule has 1 amide bonds. The summed E-state index contributed by atoms with van der Waals surface area (Å²) in [6.07, 6.45) is 3.38. The van der Waals surface area contributed by atoms with E-state index in [-0.39, 0.29) is 11.9 Å². The van der Waals surface area contributed by atoms with Gasteiger partial charge in [0.2, 0.25) is 0 Å². The largest absolute Gasteiger partial charge is 0.370 e. The van der Waals surface area contributed by atoms with Crippen LogP contribution in [0.1, 0.15) is 42.7 Å². The molecular weight excluding hydrogens is 338 g/mol. The molecule has 2 aromatic heterocycles. The number of fused-ring (bicyclic) bond motifs is 1. The fourth-order valence-electron chi connectivity index (χ4n) is 3.22. The van der Waals surface area contributed by atoms with Crippen molar-refractivity contribution < 1.29 is 4.79 Å². The van der Waals surface area contributed by atoms with E-state index in [4.69, 9.17) is 0 Å². The van der Waals surface area contributed by atoms with E-state index in [0.29, 0.717) is 12.1 Å². The predicted molar refractivity (Wildman–Crippen MR) is 109 cm³/mol. The number of nitrogens with zero attached hydrogens (tertiary/aromatic N) is 4. The number of hydrogen-bond donors (Lipinski definition) is 1. The van der Waals surface area contributed by atoms with Crippen LogP contribution < -0.4 is 10.2 Å². The van der Waals surface area contributed by atoms with Gasteiger partial charge in [-0.05, 0) is 45.4 Å². The molecule has 0 saturated heterocycles. The summed E-state index contributed by atoms with van der Waals surface area (Å²) in [7, 11) is 0. The Morgan fingerprint density at radius 1 is 1.26 bits per heavy atom. The Morgan fingerprint density at radius 3 is 2.74 bits per heavy atom. The molecule has 2 heterocycles. The van der Waals surface area contributed by atoms with E-state index < -0.39 is 0 Å². The van der Waals surface area contributed by atoms with Crippen LogP contribution in [-0.2, 0) is 0 Å². The fraction of sp³-hybridized carbons (Fsp3) is 0.381. The molecule has 1 N–H and O–H groups in total. The van der Waals surface area contributed by atoms with Crippen molar-refractivity contribution >= 4 is 22.6 Å². The van der Waals surface area contributed by atoms with Gasteiger partial charge in [-0.1, -0.05) is 18.2 Å². The first-order valence-electron chi connectivity index (χ1n) is 9.43. The van der Waals surface area contributed by atoms with Crippen molar-refractivity contribution in [1.82, 2.24) is 20.1 Å². The summed E-state index contributed by atoms with van der Waals surface area (Å²) in [6.45, 7) is 10.6. The van der Waals surface area contributed by atoms with Gasteiger partial charge < -0.3 is 10.2 Å². The number of para-hydroxylation sites is 1. The van der Waals surface area contributed by atoms with Gasteiger partial charge in [0.1, 0.15) is 0 Å². The van der Waals surface area contributed by atoms with Crippen LogP contribution in [0.2, 0.25) is 0 Å². The summed E-state index contributed by atoms with van der Waals surface area (Å²) in [5, 5.41) is 8.23. The number of carbonyl (C=O) groups excluding carboxylic acids is 1. The van der Waals surface area contributed by atoms with Crippen LogP contribution in [0.5, 0.6) is 0 Å². The predicted octanol–water partition coefficient (Wildman–Crippen LogP) is 3.58. The zero-order chi connectivity index (χ0) is 19.4. The van der Waals surface area contributed by atoms with Crippen LogP contribution in [0.3, 0.4) is 0 Å². The van der Waals surface area contributed by atoms with Crippen molar-refractivity contribution in [3.8, 4) is 0 Å². The Balaban J connectivity index is 1.63. The molecule has 0 aliphatic rings. The molecule has 3 aromatic rings. The lowest BCUT2D eigenvalue weighted by atomic mass is 10.2. The van der Waals surface area contributed by atoms with Gasteiger partial charge in [0.15, 0.2) is 5.65 Å². The van der Waals surface area contributed by atoms with Crippen molar-refractivity contribution in [2.24, 2.45) is 0 Å². The first-order chi connectivity index (χ1) is 13.0. The number of amides is 1. The number of aromatic nitrogens is 3. The Hall–Kier alpha value is -2.89. The normalized spacial score (nSPS) is 11.1. The Morgan fingerprint density at radius 2 is 2.04 bits per heavy atom. The van der Waals surface area contributed by atoms with Gasteiger partial charge >= 0.3 is 0 Å². The highest BCUT2D eigenvalue weighted by molar-refractivity contribution is 5.96. The first-order valence-corrected chi connectivity index (χ1v) is 9.43. The Labute approximate surface area is 160 Å². The van der Waals surface area contributed by atoms with Gasteiger partial charge in [0.05, 0.1) is 11.8 Å². The van der Waals surface area contributed by atoms with E-state index >= 15 is 0 Å². The van der Waals surface area contributed by atoms with Crippen LogP contribution in [-0.4, -0.2) is 40.3 Å². The van der Waals surface area contributed by atoms with E-state index in [0.717, 1.165) is 24.1 Å². The summed E-state index contributed by atoms with van der Waals surface area (Å²) in [6, 6.07) is 10.4. The summed E-state index contributed by atoms with van der Waals surface area (Å²) in [5.74, 6) is -0.109. The standard InChI is InChI=1S/C21H27N5O/c1-5-25(19-9-7-6-8-16(19)4)11-10-22-21(27)18-12-17-14-24-26(15(2)3)20(17)23-13-18/h6-9,12-15H,5,10-11H2,1-4H3,(H,22,27). The lowest BCUT2D eigenvalue weighted by Crippen LogP contribution is -2.35. The summed E-state index contributed by atoms with van der Waals surface area (Å²) in [4.78, 5) is 19.2. The number of carbonyl (C=O) groups is 1. The van der Waals surface area contributed by atoms with Crippen LogP contribution >= 0.6 is 0 Å². The summed E-state index contributed by atoms with van der Waals surface area (Å²) in [5.41, 5.74) is 3.81. The smallest absolute Gasteiger partial charge is 0.252 e. The SMILES string of the molecule is CCN(CCNC(=O)c1cnc2c(cnn2C(C)C)c1)c1ccccc1C. The molecule has 0 saturated carbocycles. The number of aryl methyl sites for hydroxylation is 1. The Bertz CT molecular complexity index is 931. The number of nitrogens with one attached hydrogen (secondary N) is 1. The number of pyridine rings is 1. The van der Waals surface area contributed by atoms with Gasteiger partial charge in [-0.15, -0.1) is 0 Å². The van der Waals surface area contributed by atoms with Crippen LogP contribution in [0.4, 0.5) is 5.69 Å². The van der Waals surface area contributed by atoms with E-state index in [1.54, 1.807) is 12.4 Å². The van der Waals surface area contributed by atoms with Crippen molar-refractivity contribution in [3.05, 3.63) is 53.9 Å². The van der Waals surface area contributed by atoms with E-state index in [2.05, 4.69) is 60.1 Å². The molecule has 3 rings (SSSR count). The lowest BCUT2D eigenvalue weighted by molar-refractivity contribution is 0.0954. The second-order valence-electron chi connectivity index (χ2n) is 6.94. The first kappa shape index (κ1) is 18.9. The van der Waals surface area contributed by atoms with Crippen molar-refractivity contribution in [2.45, 2.75) is 33.7 Å². The molecule has 0 atom stereocenters. The molecule has 0 radical (unpaired) electrons. The van der Waals surface area contributed by atoms with Crippen molar-refractivity contribution in [2.75, 3.05) is 24.5 Å². The van der Waals surface area contributed by atoms with Crippen LogP contribution in [0.25, 0.3) is 11.0 Å². The summed E-state index contributed by atoms with van der Waals surface area (Å²) < 4.78 is 1.86. The fourth-order valence-corrected chi connectivity index (χ4v) is 3.22. The maximum absolute atomic E-state index is 12.5. The molecule has 0 fully saturated rings. The maximum Gasteiger partial charge on any atom is 0.252 e. The minimum absolute atomic E-state index is 0.109. The summed E-state index contributed by atoms with van der Waals surface area (Å²) >= 11 is 0. The molecule has 6 heteroatoms. The van der Waals surface area contributed by atoms with E-state index in [1.807, 2.05) is 22.9 Å². The topological polar surface area (TPSA) is 63.1 Å². The van der Waals surface area contributed by atoms with Crippen molar-refractivity contribution in [3.63, 3.8) is 0 Å². The zero-order valence-corrected chi connectivity index (χ0v) is 16.4. The van der Waals surface area contributed by atoms with Gasteiger partial charge in [-0.2, -0.15) is 5.10 Å². The monoisotopic (exact) mass is 365 g/mol. The highest BCUT2D eigenvalue weighted by atomic mass is 16.1. The van der Waals surface area contributed by atoms with Crippen molar-refractivity contribution in [1.29, 1.82) is 0 Å². The molecule has 0 aliphatic carbocycles. The third-order valence-electron chi connectivity index (χ3n) is 4.69. The van der Waals surface area contributed by atoms with E-state index in [1.165, 1.54) is 11.3 Å². The highest BCUT2D eigenvalue weighted by Gasteiger charge is 2.12. The Kier molecular flexibility index (Phi) is 5.74. The number of hydrogen-bond acceptors (Lipinski definition) is 4. The zero-order valence-electron chi connectivity index (χ0n) is 16.4. The molecule has 0 unspecified atom stereocenters. The molecule has 0 spiro atoms. The average molecular weight is 365 g/mol. The van der Waals surface area contributed by atoms with Gasteiger partial charge in [0.25, 0.3) is 5.91 Å². The van der Waals surface area contributed by atoms with Gasteiger partial charge in [0, 0.05) is 42.9 Å². The van der Waals surface area contributed by atoms with Crippen LogP contribution in [0, 0.1) is 6.92 Å². The quantitative estimate of drug-likeness (QED) is 0.695. The van der Waals surface area contributed by atoms with E-state index in [9.17, 15) is 4.79 Å². The average Bonchev–Trinajstić information content (AvgIpc) is 3.09. The number of likely N-dealkylation sites (N-methyl/N-ethyl adjacent to an activating group) is 1. The second kappa shape index (κ2) is 8.20. The minimum atomic E-state index is -0.109. The third-order valence-corrected chi connectivity index (χ3v) is 4.69. The number of anilines is 1. The highest BCUT2D eigenvalue weighted by Crippen LogP contribution is 2.19. The molecule has 0 aliphatic heterocycles. The van der Waals surface area contributed by atoms with Gasteiger partial charge in [-0.3, -0.25) is 4.79 Å². The minimum Gasteiger partial charge on any atom is -0.370 e. The molecule has 27 heavy (non-hydrogen) atoms. The third kappa shape index (κ3) is 4.10. The molecular formula is C21H27N5O. The second-order valence-corrected chi connectivity index (χ2v) is 6.94. The maximum atomic E-state index is 12.5. The molecule has 1 aromatic carbocycles. The lowest BCUT2D eigenvalue weighted by Gasteiger charge is -2.25. The number of rotatable bonds is 7. The molecule has 0 bridgehead atoms. The molecule has 6 nitrogen and oxygen atoms in total.